The standard InChI is InChI=1S/C10H16N4S/c11-9-5-8(13-14-10(9)12)4-7-2-1-3-15-6-7/h5,7H,1-4,6H2,(H2,11,13)(H2,12,14). The molecule has 2 rings (SSSR count). The van der Waals surface area contributed by atoms with Crippen LogP contribution in [0.5, 0.6) is 0 Å². The molecule has 1 aromatic rings. The van der Waals surface area contributed by atoms with Crippen LogP contribution in [0.4, 0.5) is 11.5 Å². The van der Waals surface area contributed by atoms with Crippen LogP contribution in [0.1, 0.15) is 18.5 Å². The highest BCUT2D eigenvalue weighted by Gasteiger charge is 2.15. The lowest BCUT2D eigenvalue weighted by atomic mass is 9.99. The van der Waals surface area contributed by atoms with Crippen LogP contribution in [-0.4, -0.2) is 21.7 Å². The Bertz CT molecular complexity index is 336. The van der Waals surface area contributed by atoms with E-state index >= 15 is 0 Å². The van der Waals surface area contributed by atoms with Crippen LogP contribution in [0.25, 0.3) is 0 Å². The van der Waals surface area contributed by atoms with Gasteiger partial charge < -0.3 is 11.5 Å². The van der Waals surface area contributed by atoms with Crippen LogP contribution < -0.4 is 11.5 Å². The van der Waals surface area contributed by atoms with Gasteiger partial charge >= 0.3 is 0 Å². The zero-order valence-corrected chi connectivity index (χ0v) is 9.46. The number of nitrogen functional groups attached to an aromatic ring is 2. The third kappa shape index (κ3) is 2.75. The highest BCUT2D eigenvalue weighted by Crippen LogP contribution is 2.25. The van der Waals surface area contributed by atoms with Crippen molar-refractivity contribution in [2.24, 2.45) is 5.92 Å². The fourth-order valence-electron chi connectivity index (χ4n) is 1.82. The van der Waals surface area contributed by atoms with E-state index in [0.29, 0.717) is 11.5 Å². The summed E-state index contributed by atoms with van der Waals surface area (Å²) in [7, 11) is 0. The number of nitrogens with two attached hydrogens (primary N) is 2. The van der Waals surface area contributed by atoms with Gasteiger partial charge in [-0.05, 0) is 42.8 Å². The summed E-state index contributed by atoms with van der Waals surface area (Å²) < 4.78 is 0. The molecule has 0 spiro atoms. The Labute approximate surface area is 93.8 Å². The van der Waals surface area contributed by atoms with E-state index < -0.39 is 0 Å². The lowest BCUT2D eigenvalue weighted by Gasteiger charge is -2.20. The molecule has 4 N–H and O–H groups in total. The highest BCUT2D eigenvalue weighted by atomic mass is 32.2. The second-order valence-corrected chi connectivity index (χ2v) is 5.11. The van der Waals surface area contributed by atoms with Crippen LogP contribution in [0.3, 0.4) is 0 Å². The maximum Gasteiger partial charge on any atom is 0.169 e. The minimum atomic E-state index is 0.330. The van der Waals surface area contributed by atoms with E-state index in [2.05, 4.69) is 10.2 Å². The van der Waals surface area contributed by atoms with E-state index in [1.165, 1.54) is 24.3 Å². The summed E-state index contributed by atoms with van der Waals surface area (Å²) in [6, 6.07) is 1.85. The summed E-state index contributed by atoms with van der Waals surface area (Å²) in [5.74, 6) is 3.58. The maximum absolute atomic E-state index is 5.69. The molecule has 1 fully saturated rings. The molecule has 0 radical (unpaired) electrons. The molecular formula is C10H16N4S. The van der Waals surface area contributed by atoms with Gasteiger partial charge in [0.15, 0.2) is 5.82 Å². The molecule has 1 aliphatic rings. The van der Waals surface area contributed by atoms with Crippen LogP contribution in [0, 0.1) is 5.92 Å². The van der Waals surface area contributed by atoms with E-state index in [4.69, 9.17) is 11.5 Å². The minimum Gasteiger partial charge on any atom is -0.396 e. The average molecular weight is 224 g/mol. The summed E-state index contributed by atoms with van der Waals surface area (Å²) >= 11 is 2.03. The Morgan fingerprint density at radius 2 is 2.27 bits per heavy atom. The summed E-state index contributed by atoms with van der Waals surface area (Å²) in [6.45, 7) is 0. The van der Waals surface area contributed by atoms with Crippen LogP contribution in [0.2, 0.25) is 0 Å². The van der Waals surface area contributed by atoms with Crippen LogP contribution in [-0.2, 0) is 6.42 Å². The van der Waals surface area contributed by atoms with Gasteiger partial charge in [0.2, 0.25) is 0 Å². The lowest BCUT2D eigenvalue weighted by Crippen LogP contribution is -2.14. The highest BCUT2D eigenvalue weighted by molar-refractivity contribution is 7.99. The first kappa shape index (κ1) is 10.5. The van der Waals surface area contributed by atoms with Crippen molar-refractivity contribution in [2.45, 2.75) is 19.3 Å². The number of aromatic nitrogens is 2. The topological polar surface area (TPSA) is 77.8 Å². The van der Waals surface area contributed by atoms with E-state index in [9.17, 15) is 0 Å². The van der Waals surface area contributed by atoms with Gasteiger partial charge in [-0.25, -0.2) is 0 Å². The molecule has 0 amide bonds. The summed E-state index contributed by atoms with van der Waals surface area (Å²) in [5.41, 5.74) is 12.7. The predicted octanol–water partition coefficient (Wildman–Crippen LogP) is 1.33. The first-order valence-corrected chi connectivity index (χ1v) is 6.36. The molecule has 0 aliphatic carbocycles. The Hall–Kier alpha value is -0.970. The largest absolute Gasteiger partial charge is 0.396 e. The number of hydrogen-bond acceptors (Lipinski definition) is 5. The summed E-state index contributed by atoms with van der Waals surface area (Å²) in [6.07, 6.45) is 3.58. The smallest absolute Gasteiger partial charge is 0.169 e. The predicted molar refractivity (Wildman–Crippen MR) is 64.6 cm³/mol. The van der Waals surface area contributed by atoms with Crippen molar-refractivity contribution in [1.82, 2.24) is 10.2 Å². The van der Waals surface area contributed by atoms with E-state index in [0.717, 1.165) is 18.0 Å². The number of anilines is 2. The zero-order chi connectivity index (χ0) is 10.7. The maximum atomic E-state index is 5.69. The van der Waals surface area contributed by atoms with Gasteiger partial charge in [0.25, 0.3) is 0 Å². The summed E-state index contributed by atoms with van der Waals surface area (Å²) in [4.78, 5) is 0. The molecule has 15 heavy (non-hydrogen) atoms. The molecule has 1 saturated heterocycles. The Kier molecular flexibility index (Phi) is 3.30. The van der Waals surface area contributed by atoms with Gasteiger partial charge in [-0.2, -0.15) is 16.9 Å². The lowest BCUT2D eigenvalue weighted by molar-refractivity contribution is 0.513. The van der Waals surface area contributed by atoms with Crippen molar-refractivity contribution in [3.8, 4) is 0 Å². The minimum absolute atomic E-state index is 0.330. The number of hydrogen-bond donors (Lipinski definition) is 2. The molecule has 5 heteroatoms. The van der Waals surface area contributed by atoms with E-state index in [-0.39, 0.29) is 0 Å². The molecule has 0 bridgehead atoms. The molecule has 4 nitrogen and oxygen atoms in total. The SMILES string of the molecule is Nc1cc(CC2CCCSC2)nnc1N. The Morgan fingerprint density at radius 1 is 1.40 bits per heavy atom. The molecule has 1 aliphatic heterocycles. The van der Waals surface area contributed by atoms with Gasteiger partial charge in [-0.15, -0.1) is 5.10 Å². The number of rotatable bonds is 2. The van der Waals surface area contributed by atoms with Crippen molar-refractivity contribution in [1.29, 1.82) is 0 Å². The summed E-state index contributed by atoms with van der Waals surface area (Å²) in [5, 5.41) is 7.91. The normalized spacial score (nSPS) is 21.5. The van der Waals surface area contributed by atoms with Crippen molar-refractivity contribution in [2.75, 3.05) is 23.0 Å². The van der Waals surface area contributed by atoms with Crippen molar-refractivity contribution in [3.05, 3.63) is 11.8 Å². The van der Waals surface area contributed by atoms with Crippen molar-refractivity contribution in [3.63, 3.8) is 0 Å². The van der Waals surface area contributed by atoms with Gasteiger partial charge in [0.05, 0.1) is 11.4 Å². The second kappa shape index (κ2) is 4.70. The van der Waals surface area contributed by atoms with Crippen LogP contribution >= 0.6 is 11.8 Å². The first-order chi connectivity index (χ1) is 7.25. The fourth-order valence-corrected chi connectivity index (χ4v) is 2.98. The zero-order valence-electron chi connectivity index (χ0n) is 8.65. The second-order valence-electron chi connectivity index (χ2n) is 3.96. The molecule has 82 valence electrons. The molecule has 0 aromatic carbocycles. The molecule has 1 atom stereocenters. The third-order valence-electron chi connectivity index (χ3n) is 2.66. The van der Waals surface area contributed by atoms with Gasteiger partial charge in [0, 0.05) is 0 Å². The third-order valence-corrected chi connectivity index (χ3v) is 3.94. The number of nitrogens with zero attached hydrogens (tertiary/aromatic N) is 2. The van der Waals surface area contributed by atoms with Crippen molar-refractivity contribution >= 4 is 23.3 Å². The van der Waals surface area contributed by atoms with Gasteiger partial charge in [-0.1, -0.05) is 0 Å². The number of thioether (sulfide) groups is 1. The van der Waals surface area contributed by atoms with Crippen LogP contribution in [0.15, 0.2) is 6.07 Å². The molecule has 2 heterocycles. The average Bonchev–Trinajstić information content (AvgIpc) is 2.25. The Balaban J connectivity index is 2.00. The van der Waals surface area contributed by atoms with E-state index in [1.54, 1.807) is 0 Å². The molecule has 0 saturated carbocycles. The van der Waals surface area contributed by atoms with Gasteiger partial charge in [0.1, 0.15) is 0 Å². The molecule has 1 unspecified atom stereocenters. The first-order valence-electron chi connectivity index (χ1n) is 5.21. The van der Waals surface area contributed by atoms with Crippen molar-refractivity contribution < 1.29 is 0 Å². The molecular weight excluding hydrogens is 208 g/mol. The molecule has 1 aromatic heterocycles. The van der Waals surface area contributed by atoms with E-state index in [1.807, 2.05) is 17.8 Å². The quantitative estimate of drug-likeness (QED) is 0.792. The monoisotopic (exact) mass is 224 g/mol. The fraction of sp³-hybridized carbons (Fsp3) is 0.600. The Morgan fingerprint density at radius 3 is 2.93 bits per heavy atom. The van der Waals surface area contributed by atoms with Gasteiger partial charge in [-0.3, -0.25) is 0 Å².